The van der Waals surface area contributed by atoms with E-state index in [2.05, 4.69) is 15.2 Å². The van der Waals surface area contributed by atoms with Gasteiger partial charge < -0.3 is 10.2 Å². The molecule has 0 spiro atoms. The predicted molar refractivity (Wildman–Crippen MR) is 121 cm³/mol. The van der Waals surface area contributed by atoms with E-state index in [-0.39, 0.29) is 17.5 Å². The Balaban J connectivity index is 1.36. The van der Waals surface area contributed by atoms with Crippen molar-refractivity contribution in [1.29, 1.82) is 0 Å². The monoisotopic (exact) mass is 438 g/mol. The molecular formula is C22H26N6O2S. The summed E-state index contributed by atoms with van der Waals surface area (Å²) in [7, 11) is 1.76. The molecule has 0 bridgehead atoms. The zero-order chi connectivity index (χ0) is 21.4. The molecule has 8 nitrogen and oxygen atoms in total. The van der Waals surface area contributed by atoms with Gasteiger partial charge in [-0.05, 0) is 37.9 Å². The maximum absolute atomic E-state index is 12.9. The molecule has 4 heterocycles. The number of anilines is 1. The molecule has 31 heavy (non-hydrogen) atoms. The number of aromatic nitrogens is 3. The van der Waals surface area contributed by atoms with Crippen LogP contribution in [0.1, 0.15) is 30.7 Å². The lowest BCUT2D eigenvalue weighted by molar-refractivity contribution is -0.122. The fourth-order valence-electron chi connectivity index (χ4n) is 4.16. The largest absolute Gasteiger partial charge is 0.350 e. The van der Waals surface area contributed by atoms with Gasteiger partial charge in [-0.3, -0.25) is 19.1 Å². The average Bonchev–Trinajstić information content (AvgIpc) is 3.40. The first-order valence-electron chi connectivity index (χ1n) is 10.8. The lowest BCUT2D eigenvalue weighted by Crippen LogP contribution is -2.43. The molecule has 2 aliphatic heterocycles. The molecule has 0 radical (unpaired) electrons. The highest BCUT2D eigenvalue weighted by molar-refractivity contribution is 7.21. The van der Waals surface area contributed by atoms with Crippen molar-refractivity contribution >= 4 is 32.7 Å². The maximum atomic E-state index is 12.9. The second-order valence-corrected chi connectivity index (χ2v) is 9.18. The van der Waals surface area contributed by atoms with Crippen LogP contribution in [0.2, 0.25) is 0 Å². The molecule has 5 rings (SSSR count). The quantitative estimate of drug-likeness (QED) is 0.633. The predicted octanol–water partition coefficient (Wildman–Crippen LogP) is 1.88. The highest BCUT2D eigenvalue weighted by atomic mass is 32.1. The molecule has 1 N–H and O–H groups in total. The third kappa shape index (κ3) is 3.95. The van der Waals surface area contributed by atoms with E-state index in [9.17, 15) is 9.59 Å². The molecule has 2 aromatic heterocycles. The minimum absolute atomic E-state index is 0.0000525. The Bertz CT molecular complexity index is 1150. The molecule has 2 aliphatic rings. The lowest BCUT2D eigenvalue weighted by atomic mass is 10.2. The van der Waals surface area contributed by atoms with E-state index in [4.69, 9.17) is 4.98 Å². The number of amides is 1. The summed E-state index contributed by atoms with van der Waals surface area (Å²) in [5.41, 5.74) is 1.35. The lowest BCUT2D eigenvalue weighted by Gasteiger charge is -2.30. The minimum Gasteiger partial charge on any atom is -0.350 e. The number of benzene rings is 1. The first-order valence-corrected chi connectivity index (χ1v) is 11.6. The molecule has 0 aliphatic carbocycles. The van der Waals surface area contributed by atoms with Crippen LogP contribution in [0.3, 0.4) is 0 Å². The summed E-state index contributed by atoms with van der Waals surface area (Å²) in [5, 5.41) is 3.75. The number of hydrogen-bond acceptors (Lipinski definition) is 7. The average molecular weight is 439 g/mol. The summed E-state index contributed by atoms with van der Waals surface area (Å²) in [4.78, 5) is 40.1. The van der Waals surface area contributed by atoms with Gasteiger partial charge in [0.25, 0.3) is 5.56 Å². The summed E-state index contributed by atoms with van der Waals surface area (Å²) < 4.78 is 1.61. The molecule has 3 aromatic rings. The second-order valence-electron chi connectivity index (χ2n) is 8.23. The van der Waals surface area contributed by atoms with Crippen LogP contribution in [0.15, 0.2) is 35.1 Å². The summed E-state index contributed by atoms with van der Waals surface area (Å²) in [6.45, 7) is 4.05. The van der Waals surface area contributed by atoms with Gasteiger partial charge in [0.1, 0.15) is 11.9 Å². The Hall–Kier alpha value is -2.78. The van der Waals surface area contributed by atoms with Crippen LogP contribution >= 0.6 is 11.3 Å². The van der Waals surface area contributed by atoms with E-state index in [0.717, 1.165) is 43.9 Å². The van der Waals surface area contributed by atoms with Gasteiger partial charge in [-0.15, -0.1) is 0 Å². The Labute approximate surface area is 184 Å². The fraction of sp³-hybridized carbons (Fsp3) is 0.455. The van der Waals surface area contributed by atoms with Gasteiger partial charge in [0.2, 0.25) is 5.91 Å². The zero-order valence-corrected chi connectivity index (χ0v) is 18.4. The third-order valence-electron chi connectivity index (χ3n) is 6.15. The number of hydrogen-bond donors (Lipinski definition) is 1. The van der Waals surface area contributed by atoms with Crippen molar-refractivity contribution < 1.29 is 4.79 Å². The van der Waals surface area contributed by atoms with Crippen LogP contribution in [-0.4, -0.2) is 51.0 Å². The Morgan fingerprint density at radius 3 is 2.71 bits per heavy atom. The molecule has 1 amide bonds. The normalized spacial score (nSPS) is 19.0. The summed E-state index contributed by atoms with van der Waals surface area (Å²) >= 11 is 1.41. The number of thiazole rings is 1. The van der Waals surface area contributed by atoms with Crippen molar-refractivity contribution in [2.75, 3.05) is 24.5 Å². The SMILES string of the molecule is Cn1c(CN2CCC2)nc2sc(N3CCCC3C(=O)NCc3ccccc3)nc2c1=O. The van der Waals surface area contributed by atoms with E-state index in [1.54, 1.807) is 11.6 Å². The van der Waals surface area contributed by atoms with Crippen molar-refractivity contribution in [3.05, 3.63) is 52.1 Å². The van der Waals surface area contributed by atoms with Gasteiger partial charge in [-0.2, -0.15) is 0 Å². The molecule has 0 saturated carbocycles. The summed E-state index contributed by atoms with van der Waals surface area (Å²) in [5.74, 6) is 0.769. The van der Waals surface area contributed by atoms with E-state index >= 15 is 0 Å². The number of carbonyl (C=O) groups excluding carboxylic acids is 1. The number of carbonyl (C=O) groups is 1. The number of nitrogens with zero attached hydrogens (tertiary/aromatic N) is 5. The molecular weight excluding hydrogens is 412 g/mol. The van der Waals surface area contributed by atoms with Crippen molar-refractivity contribution in [2.24, 2.45) is 7.05 Å². The number of likely N-dealkylation sites (tertiary alicyclic amines) is 1. The van der Waals surface area contributed by atoms with Crippen LogP contribution in [0.4, 0.5) is 5.13 Å². The van der Waals surface area contributed by atoms with Crippen LogP contribution in [0, 0.1) is 0 Å². The molecule has 9 heteroatoms. The fourth-order valence-corrected chi connectivity index (χ4v) is 5.19. The van der Waals surface area contributed by atoms with E-state index in [1.807, 2.05) is 35.2 Å². The molecule has 162 valence electrons. The molecule has 1 unspecified atom stereocenters. The van der Waals surface area contributed by atoms with Crippen LogP contribution < -0.4 is 15.8 Å². The van der Waals surface area contributed by atoms with Gasteiger partial charge in [-0.25, -0.2) is 9.97 Å². The van der Waals surface area contributed by atoms with E-state index in [0.29, 0.717) is 28.6 Å². The number of fused-ring (bicyclic) bond motifs is 1. The molecule has 2 saturated heterocycles. The van der Waals surface area contributed by atoms with E-state index in [1.165, 1.54) is 17.8 Å². The molecule has 1 atom stereocenters. The zero-order valence-electron chi connectivity index (χ0n) is 17.6. The maximum Gasteiger partial charge on any atom is 0.280 e. The van der Waals surface area contributed by atoms with Gasteiger partial charge in [0.15, 0.2) is 15.5 Å². The first kappa shape index (κ1) is 20.1. The first-order chi connectivity index (χ1) is 15.1. The van der Waals surface area contributed by atoms with Gasteiger partial charge in [-0.1, -0.05) is 41.7 Å². The van der Waals surface area contributed by atoms with Gasteiger partial charge in [0, 0.05) is 20.1 Å². The second kappa shape index (κ2) is 8.39. The summed E-state index contributed by atoms with van der Waals surface area (Å²) in [6.07, 6.45) is 2.90. The van der Waals surface area contributed by atoms with Crippen molar-refractivity contribution in [1.82, 2.24) is 24.8 Å². The standard InChI is InChI=1S/C22H26N6O2S/c1-26-17(14-27-10-6-11-27)24-20-18(21(26)30)25-22(31-20)28-12-5-9-16(28)19(29)23-13-15-7-3-2-4-8-15/h2-4,7-8,16H,5-6,9-14H2,1H3,(H,23,29). The Kier molecular flexibility index (Phi) is 5.45. The van der Waals surface area contributed by atoms with Crippen molar-refractivity contribution in [3.63, 3.8) is 0 Å². The topological polar surface area (TPSA) is 83.4 Å². The van der Waals surface area contributed by atoms with Gasteiger partial charge >= 0.3 is 0 Å². The highest BCUT2D eigenvalue weighted by Gasteiger charge is 2.33. The third-order valence-corrected chi connectivity index (χ3v) is 7.13. The Morgan fingerprint density at radius 2 is 1.97 bits per heavy atom. The van der Waals surface area contributed by atoms with Crippen LogP contribution in [0.5, 0.6) is 0 Å². The smallest absolute Gasteiger partial charge is 0.280 e. The number of rotatable bonds is 6. The summed E-state index contributed by atoms with van der Waals surface area (Å²) in [6, 6.07) is 9.62. The van der Waals surface area contributed by atoms with Gasteiger partial charge in [0.05, 0.1) is 6.54 Å². The van der Waals surface area contributed by atoms with Crippen LogP contribution in [0.25, 0.3) is 10.3 Å². The molecule has 1 aromatic carbocycles. The van der Waals surface area contributed by atoms with Crippen LogP contribution in [-0.2, 0) is 24.9 Å². The Morgan fingerprint density at radius 1 is 1.16 bits per heavy atom. The van der Waals surface area contributed by atoms with Crippen molar-refractivity contribution in [2.45, 2.75) is 38.4 Å². The minimum atomic E-state index is -0.270. The highest BCUT2D eigenvalue weighted by Crippen LogP contribution is 2.32. The number of nitrogens with one attached hydrogen (secondary N) is 1. The molecule has 2 fully saturated rings. The van der Waals surface area contributed by atoms with Crippen molar-refractivity contribution in [3.8, 4) is 0 Å². The van der Waals surface area contributed by atoms with E-state index < -0.39 is 0 Å².